The molecule has 0 saturated carbocycles. The van der Waals surface area contributed by atoms with E-state index in [0.29, 0.717) is 12.6 Å². The maximum atomic E-state index is 11.7. The molecule has 2 unspecified atom stereocenters. The first-order valence-corrected chi connectivity index (χ1v) is 4.85. The van der Waals surface area contributed by atoms with Gasteiger partial charge in [-0.25, -0.2) is 0 Å². The summed E-state index contributed by atoms with van der Waals surface area (Å²) in [5, 5.41) is 3.20. The van der Waals surface area contributed by atoms with Crippen molar-refractivity contribution < 1.29 is 9.53 Å². The molecule has 0 aromatic carbocycles. The molecule has 2 fully saturated rings. The van der Waals surface area contributed by atoms with E-state index in [0.717, 1.165) is 13.1 Å². The molecule has 1 amide bonds. The minimum atomic E-state index is -0.241. The van der Waals surface area contributed by atoms with Crippen LogP contribution in [0.5, 0.6) is 0 Å². The average molecular weight is 184 g/mol. The number of fused-ring (bicyclic) bond motifs is 2. The molecule has 2 bridgehead atoms. The van der Waals surface area contributed by atoms with Gasteiger partial charge in [0, 0.05) is 25.7 Å². The van der Waals surface area contributed by atoms with E-state index in [9.17, 15) is 4.79 Å². The second kappa shape index (κ2) is 3.27. The Balaban J connectivity index is 2.11. The van der Waals surface area contributed by atoms with Crippen molar-refractivity contribution in [1.29, 1.82) is 0 Å². The molecule has 0 aliphatic carbocycles. The Bertz CT molecular complexity index is 218. The Morgan fingerprint density at radius 2 is 2.31 bits per heavy atom. The first-order chi connectivity index (χ1) is 6.18. The van der Waals surface area contributed by atoms with Crippen molar-refractivity contribution in [3.8, 4) is 0 Å². The molecule has 0 spiro atoms. The van der Waals surface area contributed by atoms with Gasteiger partial charge in [-0.1, -0.05) is 0 Å². The van der Waals surface area contributed by atoms with Gasteiger partial charge < -0.3 is 15.0 Å². The normalized spacial score (nSPS) is 34.1. The fourth-order valence-electron chi connectivity index (χ4n) is 1.92. The molecule has 4 nitrogen and oxygen atoms in total. The van der Waals surface area contributed by atoms with Gasteiger partial charge in [0.05, 0.1) is 6.10 Å². The van der Waals surface area contributed by atoms with Gasteiger partial charge in [-0.2, -0.15) is 0 Å². The summed E-state index contributed by atoms with van der Waals surface area (Å²) in [5.41, 5.74) is 0. The smallest absolute Gasteiger partial charge is 0.253 e. The highest BCUT2D eigenvalue weighted by atomic mass is 16.5. The third-order valence-electron chi connectivity index (χ3n) is 2.64. The van der Waals surface area contributed by atoms with Crippen LogP contribution in [0.3, 0.4) is 0 Å². The highest BCUT2D eigenvalue weighted by Crippen LogP contribution is 2.17. The molecule has 2 atom stereocenters. The number of nitrogens with zero attached hydrogens (tertiary/aromatic N) is 1. The van der Waals surface area contributed by atoms with Crippen molar-refractivity contribution in [3.63, 3.8) is 0 Å². The Hall–Kier alpha value is -0.610. The largest absolute Gasteiger partial charge is 0.361 e. The van der Waals surface area contributed by atoms with E-state index in [-0.39, 0.29) is 18.1 Å². The summed E-state index contributed by atoms with van der Waals surface area (Å²) in [6.45, 7) is 6.37. The minimum Gasteiger partial charge on any atom is -0.361 e. The van der Waals surface area contributed by atoms with Crippen LogP contribution in [-0.2, 0) is 9.53 Å². The van der Waals surface area contributed by atoms with E-state index in [1.807, 2.05) is 18.7 Å². The van der Waals surface area contributed by atoms with E-state index in [1.165, 1.54) is 0 Å². The first kappa shape index (κ1) is 8.97. The van der Waals surface area contributed by atoms with Crippen molar-refractivity contribution in [2.24, 2.45) is 0 Å². The maximum Gasteiger partial charge on any atom is 0.253 e. The van der Waals surface area contributed by atoms with Crippen LogP contribution >= 0.6 is 0 Å². The first-order valence-electron chi connectivity index (χ1n) is 4.85. The molecule has 2 heterocycles. The second-order valence-electron chi connectivity index (χ2n) is 3.99. The lowest BCUT2D eigenvalue weighted by atomic mass is 10.1. The molecular formula is C9H16N2O2. The molecule has 2 saturated heterocycles. The monoisotopic (exact) mass is 184 g/mol. The van der Waals surface area contributed by atoms with Gasteiger partial charge in [0.2, 0.25) is 0 Å². The van der Waals surface area contributed by atoms with Crippen molar-refractivity contribution in [2.75, 3.05) is 19.6 Å². The standard InChI is InChI=1S/C9H16N2O2/c1-6(2)11-5-7-3-10-4-8(13-7)9(11)12/h6-8,10H,3-5H2,1-2H3. The van der Waals surface area contributed by atoms with E-state index >= 15 is 0 Å². The molecule has 2 aliphatic rings. The zero-order valence-electron chi connectivity index (χ0n) is 8.12. The summed E-state index contributed by atoms with van der Waals surface area (Å²) < 4.78 is 5.56. The maximum absolute atomic E-state index is 11.7. The molecule has 74 valence electrons. The quantitative estimate of drug-likeness (QED) is 0.602. The van der Waals surface area contributed by atoms with Crippen LogP contribution in [0.15, 0.2) is 0 Å². The van der Waals surface area contributed by atoms with Gasteiger partial charge >= 0.3 is 0 Å². The molecule has 0 aromatic heterocycles. The Labute approximate surface area is 78.2 Å². The number of hydrogen-bond acceptors (Lipinski definition) is 3. The van der Waals surface area contributed by atoms with Crippen LogP contribution in [0.1, 0.15) is 13.8 Å². The predicted octanol–water partition coefficient (Wildman–Crippen LogP) is -0.406. The third kappa shape index (κ3) is 1.56. The van der Waals surface area contributed by atoms with Gasteiger partial charge in [0.25, 0.3) is 5.91 Å². The number of ether oxygens (including phenoxy) is 1. The number of rotatable bonds is 1. The predicted molar refractivity (Wildman–Crippen MR) is 48.4 cm³/mol. The van der Waals surface area contributed by atoms with Crippen LogP contribution in [-0.4, -0.2) is 48.7 Å². The number of nitrogens with one attached hydrogen (secondary N) is 1. The second-order valence-corrected chi connectivity index (χ2v) is 3.99. The van der Waals surface area contributed by atoms with E-state index < -0.39 is 0 Å². The number of morpholine rings is 2. The Kier molecular flexibility index (Phi) is 2.26. The van der Waals surface area contributed by atoms with Crippen LogP contribution in [0.2, 0.25) is 0 Å². The number of carbonyl (C=O) groups excluding carboxylic acids is 1. The summed E-state index contributed by atoms with van der Waals surface area (Å²) >= 11 is 0. The number of hydrogen-bond donors (Lipinski definition) is 1. The van der Waals surface area contributed by atoms with Gasteiger partial charge in [0.15, 0.2) is 0 Å². The minimum absolute atomic E-state index is 0.137. The molecule has 2 rings (SSSR count). The third-order valence-corrected chi connectivity index (χ3v) is 2.64. The molecule has 1 N–H and O–H groups in total. The molecular weight excluding hydrogens is 168 g/mol. The van der Waals surface area contributed by atoms with Crippen LogP contribution < -0.4 is 5.32 Å². The number of carbonyl (C=O) groups is 1. The van der Waals surface area contributed by atoms with Crippen molar-refractivity contribution >= 4 is 5.91 Å². The van der Waals surface area contributed by atoms with Crippen molar-refractivity contribution in [1.82, 2.24) is 10.2 Å². The molecule has 0 aromatic rings. The van der Waals surface area contributed by atoms with E-state index in [1.54, 1.807) is 0 Å². The number of amides is 1. The molecule has 13 heavy (non-hydrogen) atoms. The molecule has 2 aliphatic heterocycles. The van der Waals surface area contributed by atoms with Crippen LogP contribution in [0, 0.1) is 0 Å². The Morgan fingerprint density at radius 3 is 3.00 bits per heavy atom. The van der Waals surface area contributed by atoms with E-state index in [2.05, 4.69) is 5.32 Å². The highest BCUT2D eigenvalue weighted by molar-refractivity contribution is 5.82. The summed E-state index contributed by atoms with van der Waals surface area (Å²) in [7, 11) is 0. The van der Waals surface area contributed by atoms with Gasteiger partial charge in [-0.15, -0.1) is 0 Å². The zero-order valence-corrected chi connectivity index (χ0v) is 8.12. The van der Waals surface area contributed by atoms with Crippen molar-refractivity contribution in [3.05, 3.63) is 0 Å². The lowest BCUT2D eigenvalue weighted by Gasteiger charge is -2.42. The van der Waals surface area contributed by atoms with Crippen molar-refractivity contribution in [2.45, 2.75) is 32.1 Å². The molecule has 4 heteroatoms. The summed E-state index contributed by atoms with van der Waals surface area (Å²) in [6, 6.07) is 0.291. The van der Waals surface area contributed by atoms with E-state index in [4.69, 9.17) is 4.74 Å². The SMILES string of the molecule is CC(C)N1CC2CNCC(O2)C1=O. The van der Waals surface area contributed by atoms with Gasteiger partial charge in [0.1, 0.15) is 6.10 Å². The topological polar surface area (TPSA) is 41.6 Å². The average Bonchev–Trinajstić information content (AvgIpc) is 2.12. The lowest BCUT2D eigenvalue weighted by molar-refractivity contribution is -0.169. The van der Waals surface area contributed by atoms with Crippen LogP contribution in [0.25, 0.3) is 0 Å². The Morgan fingerprint density at radius 1 is 1.54 bits per heavy atom. The fraction of sp³-hybridized carbons (Fsp3) is 0.889. The zero-order chi connectivity index (χ0) is 9.42. The highest BCUT2D eigenvalue weighted by Gasteiger charge is 2.38. The van der Waals surface area contributed by atoms with Gasteiger partial charge in [-0.05, 0) is 13.8 Å². The lowest BCUT2D eigenvalue weighted by Crippen LogP contribution is -2.62. The fourth-order valence-corrected chi connectivity index (χ4v) is 1.92. The molecule has 0 radical (unpaired) electrons. The summed E-state index contributed by atoms with van der Waals surface area (Å²) in [5.74, 6) is 0.137. The van der Waals surface area contributed by atoms with Crippen LogP contribution in [0.4, 0.5) is 0 Å². The summed E-state index contributed by atoms with van der Waals surface area (Å²) in [4.78, 5) is 13.7. The summed E-state index contributed by atoms with van der Waals surface area (Å²) in [6.07, 6.45) is -0.0475. The van der Waals surface area contributed by atoms with Gasteiger partial charge in [-0.3, -0.25) is 4.79 Å².